The van der Waals surface area contributed by atoms with Crippen molar-refractivity contribution in [3.8, 4) is 11.5 Å². The second-order valence-electron chi connectivity index (χ2n) is 6.67. The molecular weight excluding hydrogens is 324 g/mol. The van der Waals surface area contributed by atoms with E-state index in [1.165, 1.54) is 0 Å². The lowest BCUT2D eigenvalue weighted by atomic mass is 9.79. The molecule has 128 valence electrons. The van der Waals surface area contributed by atoms with E-state index in [1.54, 1.807) is 12.1 Å². The quantitative estimate of drug-likeness (QED) is 0.734. The maximum absolute atomic E-state index is 9.91. The van der Waals surface area contributed by atoms with E-state index in [-0.39, 0.29) is 23.8 Å². The Morgan fingerprint density at radius 1 is 0.846 bits per heavy atom. The Hall–Kier alpha value is -3.27. The van der Waals surface area contributed by atoms with Crippen molar-refractivity contribution in [2.45, 2.75) is 12.1 Å². The molecule has 2 heterocycles. The van der Waals surface area contributed by atoms with E-state index in [1.807, 2.05) is 48.5 Å². The van der Waals surface area contributed by atoms with Gasteiger partial charge in [0.25, 0.3) is 0 Å². The molecule has 0 aliphatic carbocycles. The van der Waals surface area contributed by atoms with Gasteiger partial charge in [0.2, 0.25) is 0 Å². The van der Waals surface area contributed by atoms with Crippen LogP contribution in [0.15, 0.2) is 84.0 Å². The molecule has 3 atom stereocenters. The summed E-state index contributed by atoms with van der Waals surface area (Å²) in [5.74, 6) is 1.13. The summed E-state index contributed by atoms with van der Waals surface area (Å²) < 4.78 is 6.43. The zero-order chi connectivity index (χ0) is 17.5. The van der Waals surface area contributed by atoms with Gasteiger partial charge in [0.1, 0.15) is 17.6 Å². The Balaban J connectivity index is 1.64. The molecule has 0 amide bonds. The second-order valence-corrected chi connectivity index (χ2v) is 6.67. The largest absolute Gasteiger partial charge is 0.508 e. The van der Waals surface area contributed by atoms with Gasteiger partial charge in [-0.2, -0.15) is 5.10 Å². The molecule has 2 aliphatic heterocycles. The third-order valence-corrected chi connectivity index (χ3v) is 5.10. The summed E-state index contributed by atoms with van der Waals surface area (Å²) in [6, 6.07) is 25.6. The van der Waals surface area contributed by atoms with Crippen LogP contribution in [-0.2, 0) is 0 Å². The number of nitrogens with zero attached hydrogens (tertiary/aromatic N) is 1. The molecule has 3 unspecified atom stereocenters. The lowest BCUT2D eigenvalue weighted by Crippen LogP contribution is -2.34. The van der Waals surface area contributed by atoms with E-state index in [4.69, 9.17) is 4.74 Å². The third kappa shape index (κ3) is 2.34. The number of fused-ring (bicyclic) bond motifs is 3. The number of hydrogen-bond donors (Lipinski definition) is 2. The first kappa shape index (κ1) is 15.0. The van der Waals surface area contributed by atoms with Crippen LogP contribution < -0.4 is 10.2 Å². The van der Waals surface area contributed by atoms with Gasteiger partial charge in [-0.15, -0.1) is 0 Å². The maximum atomic E-state index is 9.91. The van der Waals surface area contributed by atoms with E-state index in [0.717, 1.165) is 28.2 Å². The van der Waals surface area contributed by atoms with E-state index in [0.29, 0.717) is 0 Å². The molecule has 0 spiro atoms. The first-order chi connectivity index (χ1) is 12.8. The van der Waals surface area contributed by atoms with E-state index in [2.05, 4.69) is 28.7 Å². The zero-order valence-corrected chi connectivity index (χ0v) is 14.0. The van der Waals surface area contributed by atoms with Gasteiger partial charge in [0.05, 0.1) is 17.7 Å². The van der Waals surface area contributed by atoms with Crippen molar-refractivity contribution in [1.82, 2.24) is 5.43 Å². The van der Waals surface area contributed by atoms with Crippen molar-refractivity contribution < 1.29 is 9.84 Å². The monoisotopic (exact) mass is 342 g/mol. The van der Waals surface area contributed by atoms with Crippen LogP contribution in [0.3, 0.4) is 0 Å². The average molecular weight is 342 g/mol. The predicted octanol–water partition coefficient (Wildman–Crippen LogP) is 4.19. The van der Waals surface area contributed by atoms with Gasteiger partial charge in [0, 0.05) is 5.56 Å². The zero-order valence-electron chi connectivity index (χ0n) is 14.0. The minimum Gasteiger partial charge on any atom is -0.508 e. The molecule has 3 aromatic rings. The fraction of sp³-hybridized carbons (Fsp3) is 0.136. The Kier molecular flexibility index (Phi) is 3.42. The Bertz CT molecular complexity index is 984. The van der Waals surface area contributed by atoms with Crippen LogP contribution in [0.4, 0.5) is 0 Å². The van der Waals surface area contributed by atoms with Gasteiger partial charge in [-0.1, -0.05) is 54.6 Å². The van der Waals surface area contributed by atoms with Gasteiger partial charge >= 0.3 is 0 Å². The molecule has 4 nitrogen and oxygen atoms in total. The molecule has 0 fully saturated rings. The number of aromatic hydroxyl groups is 1. The van der Waals surface area contributed by atoms with Crippen LogP contribution in [0.1, 0.15) is 28.8 Å². The minimum absolute atomic E-state index is 0.0223. The highest BCUT2D eigenvalue weighted by Gasteiger charge is 2.45. The predicted molar refractivity (Wildman–Crippen MR) is 100 cm³/mol. The smallest absolute Gasteiger partial charge is 0.135 e. The maximum Gasteiger partial charge on any atom is 0.135 e. The molecule has 26 heavy (non-hydrogen) atoms. The fourth-order valence-corrected chi connectivity index (χ4v) is 3.92. The highest BCUT2D eigenvalue weighted by atomic mass is 16.5. The second kappa shape index (κ2) is 5.92. The summed E-state index contributed by atoms with van der Waals surface area (Å²) >= 11 is 0. The number of hydrazone groups is 1. The van der Waals surface area contributed by atoms with Crippen LogP contribution >= 0.6 is 0 Å². The average Bonchev–Trinajstić information content (AvgIpc) is 3.13. The normalized spacial score (nSPS) is 23.2. The van der Waals surface area contributed by atoms with Crippen LogP contribution in [-0.4, -0.2) is 10.8 Å². The standard InChI is InChI=1S/C22H18N2O2/c25-16-10-6-9-15(13-16)20-19-21(24-23-20)17-11-4-5-12-18(17)26-22(19)14-7-2-1-3-8-14/h1-13,19-20,22-23,25H. The lowest BCUT2D eigenvalue weighted by Gasteiger charge is -2.35. The summed E-state index contributed by atoms with van der Waals surface area (Å²) in [6.45, 7) is 0. The molecule has 5 rings (SSSR count). The summed E-state index contributed by atoms with van der Waals surface area (Å²) in [5, 5.41) is 14.6. The van der Waals surface area contributed by atoms with Gasteiger partial charge in [0.15, 0.2) is 0 Å². The highest BCUT2D eigenvalue weighted by Crippen LogP contribution is 2.46. The highest BCUT2D eigenvalue weighted by molar-refractivity contribution is 6.07. The van der Waals surface area contributed by atoms with Crippen molar-refractivity contribution in [1.29, 1.82) is 0 Å². The Labute approximate surface area is 151 Å². The molecule has 0 radical (unpaired) electrons. The Morgan fingerprint density at radius 3 is 2.46 bits per heavy atom. The number of nitrogens with one attached hydrogen (secondary N) is 1. The minimum atomic E-state index is -0.146. The first-order valence-corrected chi connectivity index (χ1v) is 8.74. The fourth-order valence-electron chi connectivity index (χ4n) is 3.92. The van der Waals surface area contributed by atoms with Gasteiger partial charge in [-0.3, -0.25) is 0 Å². The van der Waals surface area contributed by atoms with Crippen molar-refractivity contribution in [2.24, 2.45) is 11.0 Å². The molecule has 0 bridgehead atoms. The number of hydrogen-bond acceptors (Lipinski definition) is 4. The molecule has 2 N–H and O–H groups in total. The summed E-state index contributed by atoms with van der Waals surface area (Å²) in [5.41, 5.74) is 7.43. The summed E-state index contributed by atoms with van der Waals surface area (Å²) in [7, 11) is 0. The number of para-hydroxylation sites is 1. The van der Waals surface area contributed by atoms with Crippen molar-refractivity contribution in [3.05, 3.63) is 95.6 Å². The van der Waals surface area contributed by atoms with Crippen LogP contribution in [0.5, 0.6) is 11.5 Å². The molecule has 0 aromatic heterocycles. The van der Waals surface area contributed by atoms with Crippen molar-refractivity contribution in [3.63, 3.8) is 0 Å². The van der Waals surface area contributed by atoms with E-state index in [9.17, 15) is 5.11 Å². The van der Waals surface area contributed by atoms with Crippen LogP contribution in [0.25, 0.3) is 0 Å². The molecule has 0 saturated carbocycles. The molecule has 0 saturated heterocycles. The summed E-state index contributed by atoms with van der Waals surface area (Å²) in [6.07, 6.45) is -0.146. The molecule has 3 aromatic carbocycles. The van der Waals surface area contributed by atoms with Crippen molar-refractivity contribution in [2.75, 3.05) is 0 Å². The number of phenolic OH excluding ortho intramolecular Hbond substituents is 1. The number of phenols is 1. The van der Waals surface area contributed by atoms with Gasteiger partial charge < -0.3 is 15.3 Å². The van der Waals surface area contributed by atoms with E-state index >= 15 is 0 Å². The van der Waals surface area contributed by atoms with Gasteiger partial charge in [-0.05, 0) is 35.4 Å². The lowest BCUT2D eigenvalue weighted by molar-refractivity contribution is 0.144. The van der Waals surface area contributed by atoms with E-state index < -0.39 is 0 Å². The van der Waals surface area contributed by atoms with Crippen molar-refractivity contribution >= 4 is 5.71 Å². The SMILES string of the molecule is Oc1cccc(C2NN=C3c4ccccc4OC(c4ccccc4)C32)c1. The summed E-state index contributed by atoms with van der Waals surface area (Å²) in [4.78, 5) is 0. The molecular formula is C22H18N2O2. The van der Waals surface area contributed by atoms with Gasteiger partial charge in [-0.25, -0.2) is 0 Å². The van der Waals surface area contributed by atoms with Crippen LogP contribution in [0, 0.1) is 5.92 Å². The third-order valence-electron chi connectivity index (χ3n) is 5.10. The Morgan fingerprint density at radius 2 is 1.62 bits per heavy atom. The number of ether oxygens (including phenoxy) is 1. The number of benzene rings is 3. The molecule has 4 heteroatoms. The first-order valence-electron chi connectivity index (χ1n) is 8.74. The number of rotatable bonds is 2. The van der Waals surface area contributed by atoms with Crippen LogP contribution in [0.2, 0.25) is 0 Å². The molecule has 2 aliphatic rings. The topological polar surface area (TPSA) is 53.8 Å².